The van der Waals surface area contributed by atoms with Gasteiger partial charge in [0.05, 0.1) is 0 Å². The topological polar surface area (TPSA) is 49.6 Å². The zero-order valence-electron chi connectivity index (χ0n) is 13.4. The average molecular weight is 360 g/mol. The zero-order valence-corrected chi connectivity index (χ0v) is 15.1. The molecule has 1 amide bonds. The summed E-state index contributed by atoms with van der Waals surface area (Å²) >= 11 is 0. The minimum absolute atomic E-state index is 0. The Balaban J connectivity index is 0.00000132. The smallest absolute Gasteiger partial charge is 0.253 e. The van der Waals surface area contributed by atoms with Gasteiger partial charge in [0.1, 0.15) is 0 Å². The number of halogens is 2. The van der Waals surface area contributed by atoms with E-state index >= 15 is 0 Å². The fourth-order valence-electron chi connectivity index (χ4n) is 3.53. The summed E-state index contributed by atoms with van der Waals surface area (Å²) in [6, 6.07) is 7.31. The maximum Gasteiger partial charge on any atom is 0.253 e. The number of carbonyl (C=O) groups is 1. The molecule has 0 radical (unpaired) electrons. The van der Waals surface area contributed by atoms with Crippen molar-refractivity contribution in [3.63, 3.8) is 0 Å². The van der Waals surface area contributed by atoms with Crippen LogP contribution in [0.25, 0.3) is 0 Å². The van der Waals surface area contributed by atoms with Crippen LogP contribution in [-0.2, 0) is 0 Å². The highest BCUT2D eigenvalue weighted by molar-refractivity contribution is 5.95. The van der Waals surface area contributed by atoms with Gasteiger partial charge >= 0.3 is 0 Å². The van der Waals surface area contributed by atoms with Gasteiger partial charge < -0.3 is 15.5 Å². The molecule has 0 spiro atoms. The second kappa shape index (κ2) is 9.36. The Morgan fingerprint density at radius 3 is 2.57 bits per heavy atom. The zero-order chi connectivity index (χ0) is 14.7. The number of piperidine rings is 1. The van der Waals surface area contributed by atoms with Crippen LogP contribution in [0.5, 0.6) is 0 Å². The number of nitrogen functional groups attached to an aromatic ring is 1. The minimum atomic E-state index is 0. The van der Waals surface area contributed by atoms with Crippen LogP contribution in [0.1, 0.15) is 36.0 Å². The molecule has 6 heteroatoms. The molecule has 2 aliphatic rings. The van der Waals surface area contributed by atoms with E-state index in [9.17, 15) is 4.79 Å². The van der Waals surface area contributed by atoms with Gasteiger partial charge in [0.15, 0.2) is 0 Å². The van der Waals surface area contributed by atoms with Gasteiger partial charge in [-0.3, -0.25) is 4.79 Å². The van der Waals surface area contributed by atoms with Gasteiger partial charge in [-0.2, -0.15) is 0 Å². The van der Waals surface area contributed by atoms with Crippen molar-refractivity contribution in [3.05, 3.63) is 29.8 Å². The van der Waals surface area contributed by atoms with Gasteiger partial charge in [0.25, 0.3) is 5.91 Å². The summed E-state index contributed by atoms with van der Waals surface area (Å²) in [5, 5.41) is 0. The van der Waals surface area contributed by atoms with Crippen LogP contribution in [0.4, 0.5) is 5.69 Å². The molecule has 3 rings (SSSR count). The van der Waals surface area contributed by atoms with E-state index in [0.717, 1.165) is 26.1 Å². The second-order valence-electron chi connectivity index (χ2n) is 6.39. The molecule has 0 bridgehead atoms. The van der Waals surface area contributed by atoms with Crippen molar-refractivity contribution in [1.82, 2.24) is 9.80 Å². The lowest BCUT2D eigenvalue weighted by atomic mass is 10.1. The molecule has 1 unspecified atom stereocenters. The molecule has 1 aromatic rings. The molecule has 2 N–H and O–H groups in total. The fourth-order valence-corrected chi connectivity index (χ4v) is 3.53. The van der Waals surface area contributed by atoms with Crippen molar-refractivity contribution in [2.75, 3.05) is 38.5 Å². The molecular formula is C17H27Cl2N3O. The lowest BCUT2D eigenvalue weighted by molar-refractivity contribution is 0.0782. The Kier molecular flexibility index (Phi) is 8.17. The number of hydrogen-bond donors (Lipinski definition) is 1. The van der Waals surface area contributed by atoms with Crippen LogP contribution in [-0.4, -0.2) is 48.4 Å². The quantitative estimate of drug-likeness (QED) is 0.843. The third kappa shape index (κ3) is 5.27. The first-order valence-electron chi connectivity index (χ1n) is 8.09. The lowest BCUT2D eigenvalue weighted by Crippen LogP contribution is -2.36. The van der Waals surface area contributed by atoms with E-state index in [1.807, 2.05) is 23.1 Å². The summed E-state index contributed by atoms with van der Waals surface area (Å²) < 4.78 is 0. The minimum Gasteiger partial charge on any atom is -0.399 e. The average Bonchev–Trinajstić information content (AvgIpc) is 2.96. The number of amides is 1. The highest BCUT2D eigenvalue weighted by Crippen LogP contribution is 2.22. The Morgan fingerprint density at radius 2 is 1.87 bits per heavy atom. The number of anilines is 1. The number of likely N-dealkylation sites (tertiary alicyclic amines) is 2. The van der Waals surface area contributed by atoms with E-state index in [0.29, 0.717) is 17.2 Å². The first-order valence-corrected chi connectivity index (χ1v) is 8.09. The molecule has 0 saturated carbocycles. The summed E-state index contributed by atoms with van der Waals surface area (Å²) in [5.41, 5.74) is 7.14. The highest BCUT2D eigenvalue weighted by atomic mass is 35.5. The molecule has 2 saturated heterocycles. The maximum absolute atomic E-state index is 12.5. The van der Waals surface area contributed by atoms with Gasteiger partial charge in [0.2, 0.25) is 0 Å². The van der Waals surface area contributed by atoms with Crippen LogP contribution >= 0.6 is 24.8 Å². The first-order chi connectivity index (χ1) is 10.2. The van der Waals surface area contributed by atoms with Crippen LogP contribution < -0.4 is 5.73 Å². The number of benzene rings is 1. The van der Waals surface area contributed by atoms with Gasteiger partial charge in [-0.05, 0) is 56.5 Å². The summed E-state index contributed by atoms with van der Waals surface area (Å²) in [6.45, 7) is 5.40. The fraction of sp³-hybridized carbons (Fsp3) is 0.588. The normalized spacial score (nSPS) is 21.4. The summed E-state index contributed by atoms with van der Waals surface area (Å²) in [6.07, 6.45) is 5.17. The van der Waals surface area contributed by atoms with E-state index in [-0.39, 0.29) is 30.7 Å². The summed E-state index contributed by atoms with van der Waals surface area (Å²) in [5.74, 6) is 0.761. The number of nitrogens with two attached hydrogens (primary N) is 1. The van der Waals surface area contributed by atoms with Crippen molar-refractivity contribution in [3.8, 4) is 0 Å². The van der Waals surface area contributed by atoms with Crippen molar-refractivity contribution >= 4 is 36.4 Å². The van der Waals surface area contributed by atoms with Crippen LogP contribution in [0.2, 0.25) is 0 Å². The molecule has 2 aliphatic heterocycles. The van der Waals surface area contributed by atoms with Gasteiger partial charge in [-0.1, -0.05) is 12.5 Å². The van der Waals surface area contributed by atoms with E-state index in [1.165, 1.54) is 32.4 Å². The van der Waals surface area contributed by atoms with E-state index in [1.54, 1.807) is 6.07 Å². The number of rotatable bonds is 3. The molecule has 2 heterocycles. The number of hydrogen-bond acceptors (Lipinski definition) is 3. The Labute approximate surface area is 151 Å². The molecule has 1 atom stereocenters. The van der Waals surface area contributed by atoms with Crippen molar-refractivity contribution in [2.24, 2.45) is 5.92 Å². The number of carbonyl (C=O) groups excluding carboxylic acids is 1. The van der Waals surface area contributed by atoms with Gasteiger partial charge in [-0.15, -0.1) is 24.8 Å². The van der Waals surface area contributed by atoms with Crippen LogP contribution in [0.3, 0.4) is 0 Å². The van der Waals surface area contributed by atoms with E-state index < -0.39 is 0 Å². The maximum atomic E-state index is 12.5. The predicted octanol–water partition coefficient (Wildman–Crippen LogP) is 3.06. The van der Waals surface area contributed by atoms with E-state index in [2.05, 4.69) is 4.90 Å². The Bertz CT molecular complexity index is 506. The van der Waals surface area contributed by atoms with Crippen LogP contribution in [0, 0.1) is 5.92 Å². The van der Waals surface area contributed by atoms with Crippen LogP contribution in [0.15, 0.2) is 24.3 Å². The SMILES string of the molecule is Cl.Cl.Nc1cccc(C(=O)N2CCC(CN3CCCCC3)C2)c1. The molecule has 4 nitrogen and oxygen atoms in total. The molecule has 0 aliphatic carbocycles. The second-order valence-corrected chi connectivity index (χ2v) is 6.39. The monoisotopic (exact) mass is 359 g/mol. The molecule has 2 fully saturated rings. The molecular weight excluding hydrogens is 333 g/mol. The lowest BCUT2D eigenvalue weighted by Gasteiger charge is -2.29. The van der Waals surface area contributed by atoms with Crippen molar-refractivity contribution in [2.45, 2.75) is 25.7 Å². The third-order valence-electron chi connectivity index (χ3n) is 4.67. The molecule has 0 aromatic heterocycles. The highest BCUT2D eigenvalue weighted by Gasteiger charge is 2.28. The van der Waals surface area contributed by atoms with Gasteiger partial charge in [-0.25, -0.2) is 0 Å². The molecule has 130 valence electrons. The third-order valence-corrected chi connectivity index (χ3v) is 4.67. The number of nitrogens with zero attached hydrogens (tertiary/aromatic N) is 2. The van der Waals surface area contributed by atoms with E-state index in [4.69, 9.17) is 5.73 Å². The summed E-state index contributed by atoms with van der Waals surface area (Å²) in [4.78, 5) is 17.1. The van der Waals surface area contributed by atoms with Gasteiger partial charge in [0, 0.05) is 30.9 Å². The van der Waals surface area contributed by atoms with Crippen molar-refractivity contribution < 1.29 is 4.79 Å². The summed E-state index contributed by atoms with van der Waals surface area (Å²) in [7, 11) is 0. The Hall–Kier alpha value is -0.970. The van der Waals surface area contributed by atoms with Crippen molar-refractivity contribution in [1.29, 1.82) is 0 Å². The largest absolute Gasteiger partial charge is 0.399 e. The molecule has 23 heavy (non-hydrogen) atoms. The predicted molar refractivity (Wildman–Crippen MR) is 99.7 cm³/mol. The molecule has 1 aromatic carbocycles. The first kappa shape index (κ1) is 20.1. The standard InChI is InChI=1S/C17H25N3O.2ClH/c18-16-6-4-5-15(11-16)17(21)20-10-7-14(13-20)12-19-8-2-1-3-9-19;;/h4-6,11,14H,1-3,7-10,12-13,18H2;2*1H. The Morgan fingerprint density at radius 1 is 1.13 bits per heavy atom.